The van der Waals surface area contributed by atoms with Crippen molar-refractivity contribution in [3.05, 3.63) is 57.0 Å². The van der Waals surface area contributed by atoms with Crippen molar-refractivity contribution in [3.8, 4) is 0 Å². The molecule has 2 N–H and O–H groups in total. The smallest absolute Gasteiger partial charge is 0.251 e. The zero-order chi connectivity index (χ0) is 14.3. The van der Waals surface area contributed by atoms with Crippen LogP contribution in [0.25, 0.3) is 0 Å². The summed E-state index contributed by atoms with van der Waals surface area (Å²) >= 11 is 9.64. The molecule has 0 aromatic heterocycles. The van der Waals surface area contributed by atoms with Gasteiger partial charge >= 0.3 is 0 Å². The summed E-state index contributed by atoms with van der Waals surface area (Å²) in [6, 6.07) is 11.0. The zero-order valence-corrected chi connectivity index (χ0v) is 13.0. The van der Waals surface area contributed by atoms with Crippen LogP contribution in [0.5, 0.6) is 0 Å². The highest BCUT2D eigenvalue weighted by molar-refractivity contribution is 9.10. The van der Waals surface area contributed by atoms with Gasteiger partial charge in [-0.2, -0.15) is 0 Å². The number of fused-ring (bicyclic) bond motifs is 1. The van der Waals surface area contributed by atoms with Crippen molar-refractivity contribution < 1.29 is 4.79 Å². The summed E-state index contributed by atoms with van der Waals surface area (Å²) in [6.45, 7) is 1.98. The fourth-order valence-electron chi connectivity index (χ4n) is 2.27. The second kappa shape index (κ2) is 5.11. The van der Waals surface area contributed by atoms with Gasteiger partial charge in [0.25, 0.3) is 5.91 Å². The van der Waals surface area contributed by atoms with E-state index in [0.29, 0.717) is 5.02 Å². The Kier molecular flexibility index (Phi) is 3.44. The maximum Gasteiger partial charge on any atom is 0.251 e. The lowest BCUT2D eigenvalue weighted by Gasteiger charge is -2.15. The minimum absolute atomic E-state index is 0.0743. The quantitative estimate of drug-likeness (QED) is 0.835. The van der Waals surface area contributed by atoms with Crippen LogP contribution >= 0.6 is 27.5 Å². The summed E-state index contributed by atoms with van der Waals surface area (Å²) < 4.78 is 0.939. The second-order valence-electron chi connectivity index (χ2n) is 4.78. The third kappa shape index (κ3) is 2.41. The van der Waals surface area contributed by atoms with Crippen molar-refractivity contribution in [2.45, 2.75) is 13.0 Å². The molecule has 0 radical (unpaired) electrons. The topological polar surface area (TPSA) is 41.1 Å². The van der Waals surface area contributed by atoms with Gasteiger partial charge in [-0.3, -0.25) is 4.79 Å². The fraction of sp³-hybridized carbons (Fsp3) is 0.133. The molecule has 1 amide bonds. The Labute approximate surface area is 130 Å². The molecular formula is C15H12BrClN2O. The molecule has 1 aliphatic rings. The van der Waals surface area contributed by atoms with Gasteiger partial charge in [0.1, 0.15) is 6.04 Å². The average Bonchev–Trinajstić information content (AvgIpc) is 2.69. The van der Waals surface area contributed by atoms with E-state index in [1.54, 1.807) is 0 Å². The van der Waals surface area contributed by atoms with Crippen molar-refractivity contribution in [1.82, 2.24) is 0 Å². The van der Waals surface area contributed by atoms with Crippen molar-refractivity contribution >= 4 is 44.8 Å². The molecule has 1 unspecified atom stereocenters. The molecule has 20 heavy (non-hydrogen) atoms. The predicted octanol–water partition coefficient (Wildman–Crippen LogP) is 4.52. The number of aryl methyl sites for hydroxylation is 1. The van der Waals surface area contributed by atoms with E-state index < -0.39 is 6.04 Å². The maximum atomic E-state index is 12.1. The number of hydrogen-bond acceptors (Lipinski definition) is 2. The van der Waals surface area contributed by atoms with Gasteiger partial charge in [-0.1, -0.05) is 33.6 Å². The first-order chi connectivity index (χ1) is 9.54. The van der Waals surface area contributed by atoms with Crippen LogP contribution in [0.15, 0.2) is 40.9 Å². The molecule has 0 spiro atoms. The Morgan fingerprint density at radius 3 is 2.80 bits per heavy atom. The molecule has 0 saturated carbocycles. The summed E-state index contributed by atoms with van der Waals surface area (Å²) in [5.41, 5.74) is 3.59. The van der Waals surface area contributed by atoms with Crippen LogP contribution in [0.3, 0.4) is 0 Å². The molecule has 5 heteroatoms. The number of carbonyl (C=O) groups is 1. The van der Waals surface area contributed by atoms with Crippen molar-refractivity contribution in [1.29, 1.82) is 0 Å². The first-order valence-electron chi connectivity index (χ1n) is 6.17. The lowest BCUT2D eigenvalue weighted by Crippen LogP contribution is -2.19. The van der Waals surface area contributed by atoms with E-state index in [4.69, 9.17) is 11.6 Å². The molecule has 2 aromatic carbocycles. The summed E-state index contributed by atoms with van der Waals surface area (Å²) in [5.74, 6) is -0.0743. The number of carbonyl (C=O) groups excluding carboxylic acids is 1. The van der Waals surface area contributed by atoms with E-state index >= 15 is 0 Å². The van der Waals surface area contributed by atoms with Gasteiger partial charge in [0.15, 0.2) is 0 Å². The third-order valence-electron chi connectivity index (χ3n) is 3.27. The van der Waals surface area contributed by atoms with Crippen LogP contribution < -0.4 is 10.6 Å². The van der Waals surface area contributed by atoms with Crippen molar-refractivity contribution in [3.63, 3.8) is 0 Å². The highest BCUT2D eigenvalue weighted by Crippen LogP contribution is 2.36. The lowest BCUT2D eigenvalue weighted by atomic mass is 10.1. The molecule has 0 fully saturated rings. The van der Waals surface area contributed by atoms with Crippen LogP contribution in [0.1, 0.15) is 17.2 Å². The van der Waals surface area contributed by atoms with Gasteiger partial charge in [-0.25, -0.2) is 0 Å². The van der Waals surface area contributed by atoms with Gasteiger partial charge < -0.3 is 10.6 Å². The summed E-state index contributed by atoms with van der Waals surface area (Å²) in [5, 5.41) is 6.68. The Balaban J connectivity index is 1.95. The number of hydrogen-bond donors (Lipinski definition) is 2. The Morgan fingerprint density at radius 1 is 1.25 bits per heavy atom. The first kappa shape index (κ1) is 13.5. The van der Waals surface area contributed by atoms with Gasteiger partial charge in [-0.05, 0) is 42.8 Å². The number of benzene rings is 2. The molecule has 3 nitrogen and oxygen atoms in total. The maximum absolute atomic E-state index is 12.1. The van der Waals surface area contributed by atoms with E-state index in [1.807, 2.05) is 43.3 Å². The average molecular weight is 352 g/mol. The molecule has 0 aliphatic carbocycles. The molecule has 102 valence electrons. The normalized spacial score (nSPS) is 16.8. The van der Waals surface area contributed by atoms with Crippen LogP contribution in [-0.4, -0.2) is 5.91 Å². The number of rotatable bonds is 2. The van der Waals surface area contributed by atoms with E-state index in [1.165, 1.54) is 0 Å². The largest absolute Gasteiger partial charge is 0.369 e. The predicted molar refractivity (Wildman–Crippen MR) is 85.3 cm³/mol. The third-order valence-corrected chi connectivity index (χ3v) is 4.08. The van der Waals surface area contributed by atoms with Gasteiger partial charge in [0, 0.05) is 15.7 Å². The van der Waals surface area contributed by atoms with E-state index in [-0.39, 0.29) is 5.91 Å². The van der Waals surface area contributed by atoms with Gasteiger partial charge in [0.05, 0.1) is 10.7 Å². The molecular weight excluding hydrogens is 340 g/mol. The van der Waals surface area contributed by atoms with Crippen LogP contribution in [0.2, 0.25) is 5.02 Å². The number of halogens is 2. The summed E-state index contributed by atoms with van der Waals surface area (Å²) in [6.07, 6.45) is 0. The molecule has 0 saturated heterocycles. The van der Waals surface area contributed by atoms with E-state index in [0.717, 1.165) is 27.0 Å². The minimum atomic E-state index is -0.428. The number of anilines is 2. The molecule has 1 atom stereocenters. The number of amides is 1. The SMILES string of the molecule is Cc1ccc(NC2C(=O)Nc3ccc(Br)cc32)c(Cl)c1. The highest BCUT2D eigenvalue weighted by Gasteiger charge is 2.30. The van der Waals surface area contributed by atoms with Crippen molar-refractivity contribution in [2.24, 2.45) is 0 Å². The standard InChI is InChI=1S/C15H12BrClN2O/c1-8-2-4-13(11(17)6-8)18-14-10-7-9(16)3-5-12(10)19-15(14)20/h2-7,14,18H,1H3,(H,19,20). The fourth-order valence-corrected chi connectivity index (χ4v) is 2.94. The first-order valence-corrected chi connectivity index (χ1v) is 7.35. The lowest BCUT2D eigenvalue weighted by molar-refractivity contribution is -0.116. The van der Waals surface area contributed by atoms with Crippen LogP contribution in [0, 0.1) is 6.92 Å². The Hall–Kier alpha value is -1.52. The summed E-state index contributed by atoms with van der Waals surface area (Å²) in [7, 11) is 0. The van der Waals surface area contributed by atoms with Gasteiger partial charge in [0.2, 0.25) is 0 Å². The molecule has 1 heterocycles. The van der Waals surface area contributed by atoms with Gasteiger partial charge in [-0.15, -0.1) is 0 Å². The second-order valence-corrected chi connectivity index (χ2v) is 6.10. The molecule has 3 rings (SSSR count). The minimum Gasteiger partial charge on any atom is -0.369 e. The molecule has 0 bridgehead atoms. The van der Waals surface area contributed by atoms with Crippen LogP contribution in [0.4, 0.5) is 11.4 Å². The Morgan fingerprint density at radius 2 is 2.05 bits per heavy atom. The van der Waals surface area contributed by atoms with Crippen LogP contribution in [-0.2, 0) is 4.79 Å². The van der Waals surface area contributed by atoms with Crippen molar-refractivity contribution in [2.75, 3.05) is 10.6 Å². The molecule has 2 aromatic rings. The number of nitrogens with one attached hydrogen (secondary N) is 2. The highest BCUT2D eigenvalue weighted by atomic mass is 79.9. The van der Waals surface area contributed by atoms with E-state index in [2.05, 4.69) is 26.6 Å². The zero-order valence-electron chi connectivity index (χ0n) is 10.7. The Bertz CT molecular complexity index is 702. The monoisotopic (exact) mass is 350 g/mol. The molecule has 1 aliphatic heterocycles. The summed E-state index contributed by atoms with van der Waals surface area (Å²) in [4.78, 5) is 12.1. The van der Waals surface area contributed by atoms with E-state index in [9.17, 15) is 4.79 Å².